The van der Waals surface area contributed by atoms with E-state index in [4.69, 9.17) is 25.8 Å². The Morgan fingerprint density at radius 3 is 2.96 bits per heavy atom. The fourth-order valence-corrected chi connectivity index (χ4v) is 4.02. The highest BCUT2D eigenvalue weighted by Gasteiger charge is 2.44. The van der Waals surface area contributed by atoms with E-state index >= 15 is 0 Å². The first-order chi connectivity index (χ1) is 12.8. The number of hydrogen-bond acceptors (Lipinski definition) is 7. The Morgan fingerprint density at radius 2 is 2.22 bits per heavy atom. The van der Waals surface area contributed by atoms with E-state index in [0.29, 0.717) is 22.9 Å². The van der Waals surface area contributed by atoms with Crippen molar-refractivity contribution in [3.63, 3.8) is 0 Å². The van der Waals surface area contributed by atoms with E-state index in [1.165, 1.54) is 0 Å². The predicted molar refractivity (Wildman–Crippen MR) is 93.8 cm³/mol. The number of esters is 1. The highest BCUT2D eigenvalue weighted by atomic mass is 35.5. The van der Waals surface area contributed by atoms with Crippen LogP contribution in [0.25, 0.3) is 0 Å². The van der Waals surface area contributed by atoms with E-state index in [0.717, 1.165) is 5.56 Å². The first-order valence-electron chi connectivity index (χ1n) is 8.67. The quantitative estimate of drug-likeness (QED) is 0.412. The summed E-state index contributed by atoms with van der Waals surface area (Å²) in [6.45, 7) is 1.88. The van der Waals surface area contributed by atoms with Crippen LogP contribution >= 0.6 is 11.6 Å². The molecule has 1 saturated carbocycles. The van der Waals surface area contributed by atoms with Crippen LogP contribution in [0.15, 0.2) is 12.1 Å². The summed E-state index contributed by atoms with van der Waals surface area (Å²) in [5, 5.41) is 11.3. The number of fused-ring (bicyclic) bond motifs is 1. The minimum atomic E-state index is -0.671. The van der Waals surface area contributed by atoms with Gasteiger partial charge in [0.2, 0.25) is 6.54 Å². The smallest absolute Gasteiger partial charge is 0.306 e. The van der Waals surface area contributed by atoms with Gasteiger partial charge in [-0.1, -0.05) is 18.5 Å². The molecule has 1 fully saturated rings. The van der Waals surface area contributed by atoms with Crippen molar-refractivity contribution >= 4 is 23.4 Å². The molecule has 0 aromatic heterocycles. The topological polar surface area (TPSA) is 105 Å². The van der Waals surface area contributed by atoms with Crippen molar-refractivity contribution in [1.29, 1.82) is 0 Å². The second-order valence-electron chi connectivity index (χ2n) is 6.96. The van der Waals surface area contributed by atoms with E-state index in [2.05, 4.69) is 0 Å². The summed E-state index contributed by atoms with van der Waals surface area (Å²) in [6.07, 6.45) is 0.0977. The van der Waals surface area contributed by atoms with E-state index in [1.807, 2.05) is 0 Å². The summed E-state index contributed by atoms with van der Waals surface area (Å²) in [7, 11) is 0. The average molecular weight is 398 g/mol. The number of nitro groups is 1. The summed E-state index contributed by atoms with van der Waals surface area (Å²) in [5.41, 5.74) is 1.38. The normalized spacial score (nSPS) is 24.2. The summed E-state index contributed by atoms with van der Waals surface area (Å²) in [4.78, 5) is 34.8. The van der Waals surface area contributed by atoms with Gasteiger partial charge in [0.1, 0.15) is 18.1 Å². The summed E-state index contributed by atoms with van der Waals surface area (Å²) >= 11 is 6.08. The van der Waals surface area contributed by atoms with E-state index in [-0.39, 0.29) is 44.5 Å². The number of nitrogens with zero attached hydrogens (tertiary/aromatic N) is 1. The van der Waals surface area contributed by atoms with Crippen LogP contribution in [0.1, 0.15) is 30.9 Å². The molecule has 0 amide bonds. The zero-order valence-electron chi connectivity index (χ0n) is 14.8. The first kappa shape index (κ1) is 19.6. The predicted octanol–water partition coefficient (Wildman–Crippen LogP) is 2.76. The number of halogens is 1. The molecule has 1 aliphatic heterocycles. The summed E-state index contributed by atoms with van der Waals surface area (Å²) in [6, 6.07) is 3.37. The second kappa shape index (κ2) is 8.22. The van der Waals surface area contributed by atoms with Gasteiger partial charge in [-0.3, -0.25) is 19.7 Å². The van der Waals surface area contributed by atoms with Crippen molar-refractivity contribution in [1.82, 2.24) is 0 Å². The molecule has 2 aliphatic rings. The Hall–Kier alpha value is -2.19. The van der Waals surface area contributed by atoms with Crippen molar-refractivity contribution in [3.05, 3.63) is 38.4 Å². The number of hydrogen-bond donors (Lipinski definition) is 0. The van der Waals surface area contributed by atoms with Crippen LogP contribution in [0.5, 0.6) is 5.75 Å². The number of rotatable bonds is 6. The SMILES string of the molecule is C[C@@H]1CC(=O)[C@@H](CC(=O)OCc2cc(Cl)cc3c2OCOC3)[C@@H]1C[N+](=O)[O-]. The van der Waals surface area contributed by atoms with Crippen LogP contribution in [-0.4, -0.2) is 30.0 Å². The minimum absolute atomic E-state index is 0.0574. The Balaban J connectivity index is 1.64. The first-order valence-corrected chi connectivity index (χ1v) is 9.05. The van der Waals surface area contributed by atoms with Gasteiger partial charge in [-0.25, -0.2) is 0 Å². The molecule has 146 valence electrons. The van der Waals surface area contributed by atoms with Crippen molar-refractivity contribution in [2.45, 2.75) is 33.0 Å². The van der Waals surface area contributed by atoms with Crippen LogP contribution in [-0.2, 0) is 32.3 Å². The average Bonchev–Trinajstić information content (AvgIpc) is 2.86. The highest BCUT2D eigenvalue weighted by molar-refractivity contribution is 6.30. The molecule has 0 spiro atoms. The Kier molecular flexibility index (Phi) is 5.96. The molecule has 1 heterocycles. The number of carbonyl (C=O) groups is 2. The molecule has 0 unspecified atom stereocenters. The van der Waals surface area contributed by atoms with Crippen LogP contribution in [0.3, 0.4) is 0 Å². The van der Waals surface area contributed by atoms with Gasteiger partial charge < -0.3 is 14.2 Å². The molecular weight excluding hydrogens is 378 g/mol. The van der Waals surface area contributed by atoms with Gasteiger partial charge in [0.25, 0.3) is 0 Å². The fourth-order valence-electron chi connectivity index (χ4n) is 3.76. The lowest BCUT2D eigenvalue weighted by Gasteiger charge is -2.21. The lowest BCUT2D eigenvalue weighted by Crippen LogP contribution is -2.27. The molecule has 0 radical (unpaired) electrons. The number of benzene rings is 1. The van der Waals surface area contributed by atoms with Gasteiger partial charge in [-0.05, 0) is 18.1 Å². The third-order valence-corrected chi connectivity index (χ3v) is 5.29. The molecule has 9 heteroatoms. The lowest BCUT2D eigenvalue weighted by molar-refractivity contribution is -0.490. The maximum atomic E-state index is 12.3. The maximum Gasteiger partial charge on any atom is 0.306 e. The zero-order valence-corrected chi connectivity index (χ0v) is 15.6. The van der Waals surface area contributed by atoms with Gasteiger partial charge >= 0.3 is 5.97 Å². The molecule has 0 N–H and O–H groups in total. The van der Waals surface area contributed by atoms with E-state index < -0.39 is 22.7 Å². The number of Topliss-reactive ketones (excluding diaryl/α,β-unsaturated/α-hetero) is 1. The maximum absolute atomic E-state index is 12.3. The molecular formula is C18H20ClNO7. The summed E-state index contributed by atoms with van der Waals surface area (Å²) < 4.78 is 16.0. The molecule has 3 rings (SSSR count). The van der Waals surface area contributed by atoms with Crippen molar-refractivity contribution < 1.29 is 28.7 Å². The standard InChI is InChI=1S/C18H20ClNO7/c1-10-2-16(21)14(15(10)6-20(23)24)5-17(22)26-8-12-4-13(19)3-11-7-25-9-27-18(11)12/h3-4,10,14-15H,2,5-9H2,1H3/t10-,14+,15-/m1/s1. The Bertz CT molecular complexity index is 766. The zero-order chi connectivity index (χ0) is 19.6. The monoisotopic (exact) mass is 397 g/mol. The van der Waals surface area contributed by atoms with Gasteiger partial charge in [-0.15, -0.1) is 0 Å². The number of ketones is 1. The molecule has 8 nitrogen and oxygen atoms in total. The van der Waals surface area contributed by atoms with Crippen LogP contribution in [0.2, 0.25) is 5.02 Å². The Labute approximate surface area is 160 Å². The van der Waals surface area contributed by atoms with Crippen molar-refractivity contribution in [2.24, 2.45) is 17.8 Å². The van der Waals surface area contributed by atoms with Crippen LogP contribution < -0.4 is 4.74 Å². The van der Waals surface area contributed by atoms with Crippen LogP contribution in [0.4, 0.5) is 0 Å². The minimum Gasteiger partial charge on any atom is -0.467 e. The highest BCUT2D eigenvalue weighted by Crippen LogP contribution is 2.37. The molecule has 0 bridgehead atoms. The summed E-state index contributed by atoms with van der Waals surface area (Å²) in [5.74, 6) is -1.34. The van der Waals surface area contributed by atoms with Crippen molar-refractivity contribution in [2.75, 3.05) is 13.3 Å². The van der Waals surface area contributed by atoms with Gasteiger partial charge in [0.15, 0.2) is 6.79 Å². The number of carbonyl (C=O) groups excluding carboxylic acids is 2. The molecule has 1 aliphatic carbocycles. The van der Waals surface area contributed by atoms with Crippen LogP contribution in [0, 0.1) is 27.9 Å². The van der Waals surface area contributed by atoms with Gasteiger partial charge in [0, 0.05) is 39.3 Å². The van der Waals surface area contributed by atoms with Crippen molar-refractivity contribution in [3.8, 4) is 5.75 Å². The third kappa shape index (κ3) is 4.56. The lowest BCUT2D eigenvalue weighted by atomic mass is 9.88. The Morgan fingerprint density at radius 1 is 1.44 bits per heavy atom. The molecule has 27 heavy (non-hydrogen) atoms. The van der Waals surface area contributed by atoms with E-state index in [1.54, 1.807) is 19.1 Å². The molecule has 0 saturated heterocycles. The largest absolute Gasteiger partial charge is 0.467 e. The fraction of sp³-hybridized carbons (Fsp3) is 0.556. The van der Waals surface area contributed by atoms with Gasteiger partial charge in [-0.2, -0.15) is 0 Å². The molecule has 1 aromatic carbocycles. The molecule has 3 atom stereocenters. The molecule has 1 aromatic rings. The second-order valence-corrected chi connectivity index (χ2v) is 7.40. The van der Waals surface area contributed by atoms with E-state index in [9.17, 15) is 19.7 Å². The third-order valence-electron chi connectivity index (χ3n) is 5.07. The number of ether oxygens (including phenoxy) is 3. The van der Waals surface area contributed by atoms with Gasteiger partial charge in [0.05, 0.1) is 13.0 Å².